The molecule has 1 N–H and O–H groups in total. The highest BCUT2D eigenvalue weighted by molar-refractivity contribution is 5.98. The van der Waals surface area contributed by atoms with Gasteiger partial charge in [0.15, 0.2) is 0 Å². The molecule has 0 bridgehead atoms. The lowest BCUT2D eigenvalue weighted by molar-refractivity contribution is 0.0645. The number of nitrogens with zero attached hydrogens (tertiary/aromatic N) is 1. The first-order valence-corrected chi connectivity index (χ1v) is 8.33. The fourth-order valence-electron chi connectivity index (χ4n) is 3.87. The predicted molar refractivity (Wildman–Crippen MR) is 83.0 cm³/mol. The van der Waals surface area contributed by atoms with Crippen LogP contribution in [0.1, 0.15) is 54.1 Å². The smallest absolute Gasteiger partial charge is 0.257 e. The maximum atomic E-state index is 14.2. The lowest BCUT2D eigenvalue weighted by atomic mass is 9.79. The molecule has 1 aromatic carbocycles. The van der Waals surface area contributed by atoms with E-state index in [4.69, 9.17) is 0 Å². The van der Waals surface area contributed by atoms with Crippen LogP contribution in [-0.4, -0.2) is 28.6 Å². The van der Waals surface area contributed by atoms with Crippen LogP contribution in [0.25, 0.3) is 0 Å². The maximum Gasteiger partial charge on any atom is 0.257 e. The molecule has 1 unspecified atom stereocenters. The van der Waals surface area contributed by atoms with E-state index in [2.05, 4.69) is 0 Å². The van der Waals surface area contributed by atoms with Crippen molar-refractivity contribution >= 4 is 5.91 Å². The van der Waals surface area contributed by atoms with E-state index in [1.54, 1.807) is 4.90 Å². The molecule has 2 aliphatic rings. The quantitative estimate of drug-likeness (QED) is 0.926. The first-order valence-electron chi connectivity index (χ1n) is 8.33. The van der Waals surface area contributed by atoms with Crippen LogP contribution >= 0.6 is 0 Å². The monoisotopic (exact) mass is 323 g/mol. The third-order valence-electron chi connectivity index (χ3n) is 5.44. The van der Waals surface area contributed by atoms with Crippen molar-refractivity contribution in [3.8, 4) is 0 Å². The SMILES string of the molecule is Cc1c(F)cc2c(c1F)C(=O)N(CC1CCC(C(C)O)CC1)C2. The first-order chi connectivity index (χ1) is 10.9. The van der Waals surface area contributed by atoms with Gasteiger partial charge in [-0.3, -0.25) is 4.79 Å². The molecular weight excluding hydrogens is 300 g/mol. The van der Waals surface area contributed by atoms with Crippen molar-refractivity contribution in [3.63, 3.8) is 0 Å². The minimum atomic E-state index is -0.717. The fraction of sp³-hybridized carbons (Fsp3) is 0.611. The topological polar surface area (TPSA) is 40.5 Å². The average molecular weight is 323 g/mol. The predicted octanol–water partition coefficient (Wildman–Crippen LogP) is 3.42. The highest BCUT2D eigenvalue weighted by Crippen LogP contribution is 2.34. The van der Waals surface area contributed by atoms with Gasteiger partial charge in [-0.25, -0.2) is 8.78 Å². The van der Waals surface area contributed by atoms with E-state index in [1.807, 2.05) is 6.92 Å². The number of carbonyl (C=O) groups is 1. The third kappa shape index (κ3) is 2.99. The summed E-state index contributed by atoms with van der Waals surface area (Å²) in [4.78, 5) is 14.1. The van der Waals surface area contributed by atoms with Gasteiger partial charge in [0.05, 0.1) is 11.7 Å². The van der Waals surface area contributed by atoms with Gasteiger partial charge >= 0.3 is 0 Å². The summed E-state index contributed by atoms with van der Waals surface area (Å²) < 4.78 is 27.9. The Kier molecular flexibility index (Phi) is 4.41. The van der Waals surface area contributed by atoms with E-state index in [1.165, 1.54) is 13.0 Å². The molecular formula is C18H23F2NO2. The van der Waals surface area contributed by atoms with Gasteiger partial charge in [-0.1, -0.05) is 0 Å². The Bertz CT molecular complexity index is 622. The molecule has 1 heterocycles. The Morgan fingerprint density at radius 1 is 1.30 bits per heavy atom. The summed E-state index contributed by atoms with van der Waals surface area (Å²) in [7, 11) is 0. The lowest BCUT2D eigenvalue weighted by Gasteiger charge is -2.32. The summed E-state index contributed by atoms with van der Waals surface area (Å²) in [6.07, 6.45) is 3.56. The molecule has 126 valence electrons. The van der Waals surface area contributed by atoms with E-state index in [0.29, 0.717) is 30.5 Å². The van der Waals surface area contributed by atoms with Gasteiger partial charge in [0.2, 0.25) is 0 Å². The Morgan fingerprint density at radius 2 is 1.96 bits per heavy atom. The Hall–Kier alpha value is -1.49. The van der Waals surface area contributed by atoms with Crippen LogP contribution in [0.15, 0.2) is 6.07 Å². The molecule has 0 spiro atoms. The number of aliphatic hydroxyl groups excluding tert-OH is 1. The van der Waals surface area contributed by atoms with Crippen molar-refractivity contribution in [1.29, 1.82) is 0 Å². The number of hydrogen-bond donors (Lipinski definition) is 1. The molecule has 1 amide bonds. The summed E-state index contributed by atoms with van der Waals surface area (Å²) >= 11 is 0. The first kappa shape index (κ1) is 16.4. The zero-order chi connectivity index (χ0) is 16.7. The molecule has 0 radical (unpaired) electrons. The van der Waals surface area contributed by atoms with Crippen molar-refractivity contribution in [3.05, 3.63) is 34.4 Å². The number of benzene rings is 1. The van der Waals surface area contributed by atoms with E-state index in [9.17, 15) is 18.7 Å². The van der Waals surface area contributed by atoms with Crippen LogP contribution in [0.5, 0.6) is 0 Å². The molecule has 0 aromatic heterocycles. The van der Waals surface area contributed by atoms with E-state index in [-0.39, 0.29) is 23.1 Å². The van der Waals surface area contributed by atoms with Crippen LogP contribution in [0, 0.1) is 30.4 Å². The van der Waals surface area contributed by atoms with Gasteiger partial charge in [-0.2, -0.15) is 0 Å². The minimum absolute atomic E-state index is 0.0431. The molecule has 5 heteroatoms. The molecule has 1 aliphatic carbocycles. The van der Waals surface area contributed by atoms with Gasteiger partial charge in [-0.05, 0) is 63.0 Å². The second-order valence-corrected chi connectivity index (χ2v) is 7.04. The van der Waals surface area contributed by atoms with Gasteiger partial charge in [0.25, 0.3) is 5.91 Å². The standard InChI is InChI=1S/C18H23F2NO2/c1-10-15(19)7-14-9-21(18(23)16(14)17(10)20)8-12-3-5-13(6-4-12)11(2)22/h7,11-13,22H,3-6,8-9H2,1-2H3. The second kappa shape index (κ2) is 6.19. The molecule has 1 aliphatic heterocycles. The second-order valence-electron chi connectivity index (χ2n) is 7.04. The molecule has 23 heavy (non-hydrogen) atoms. The van der Waals surface area contributed by atoms with Crippen molar-refractivity contribution in [1.82, 2.24) is 4.90 Å². The Labute approximate surface area is 135 Å². The molecule has 3 rings (SSSR count). The van der Waals surface area contributed by atoms with Gasteiger partial charge in [0, 0.05) is 18.7 Å². The molecule has 1 fully saturated rings. The van der Waals surface area contributed by atoms with Gasteiger partial charge in [0.1, 0.15) is 11.6 Å². The summed E-state index contributed by atoms with van der Waals surface area (Å²) in [5.74, 6) is -0.916. The highest BCUT2D eigenvalue weighted by Gasteiger charge is 2.34. The van der Waals surface area contributed by atoms with Crippen LogP contribution in [0.3, 0.4) is 0 Å². The maximum absolute atomic E-state index is 14.2. The van der Waals surface area contributed by atoms with Crippen molar-refractivity contribution in [2.24, 2.45) is 11.8 Å². The number of fused-ring (bicyclic) bond motifs is 1. The summed E-state index contributed by atoms with van der Waals surface area (Å²) in [5, 5.41) is 9.65. The zero-order valence-corrected chi connectivity index (χ0v) is 13.6. The number of carbonyl (C=O) groups excluding carboxylic acids is 1. The van der Waals surface area contributed by atoms with Crippen LogP contribution in [0.4, 0.5) is 8.78 Å². The highest BCUT2D eigenvalue weighted by atomic mass is 19.1. The number of hydrogen-bond acceptors (Lipinski definition) is 2. The van der Waals surface area contributed by atoms with Gasteiger partial charge in [-0.15, -0.1) is 0 Å². The van der Waals surface area contributed by atoms with Crippen LogP contribution in [0.2, 0.25) is 0 Å². The molecule has 0 saturated heterocycles. The zero-order valence-electron chi connectivity index (χ0n) is 13.6. The molecule has 1 aromatic rings. The Balaban J connectivity index is 1.68. The summed E-state index contributed by atoms with van der Waals surface area (Å²) in [6, 6.07) is 1.29. The van der Waals surface area contributed by atoms with Gasteiger partial charge < -0.3 is 10.0 Å². The average Bonchev–Trinajstić information content (AvgIpc) is 2.81. The lowest BCUT2D eigenvalue weighted by Crippen LogP contribution is -2.33. The Morgan fingerprint density at radius 3 is 2.57 bits per heavy atom. The van der Waals surface area contributed by atoms with Crippen molar-refractivity contribution < 1.29 is 18.7 Å². The summed E-state index contributed by atoms with van der Waals surface area (Å²) in [5.41, 5.74) is 0.409. The molecule has 1 saturated carbocycles. The number of halogens is 2. The molecule has 3 nitrogen and oxygen atoms in total. The van der Waals surface area contributed by atoms with Crippen molar-refractivity contribution in [2.75, 3.05) is 6.54 Å². The third-order valence-corrected chi connectivity index (χ3v) is 5.44. The van der Waals surface area contributed by atoms with Crippen LogP contribution in [-0.2, 0) is 6.54 Å². The van der Waals surface area contributed by atoms with E-state index >= 15 is 0 Å². The van der Waals surface area contributed by atoms with E-state index in [0.717, 1.165) is 25.7 Å². The van der Waals surface area contributed by atoms with E-state index < -0.39 is 11.6 Å². The fourth-order valence-corrected chi connectivity index (χ4v) is 3.87. The number of aliphatic hydroxyl groups is 1. The largest absolute Gasteiger partial charge is 0.393 e. The minimum Gasteiger partial charge on any atom is -0.393 e. The normalized spacial score (nSPS) is 25.6. The molecule has 1 atom stereocenters. The van der Waals surface area contributed by atoms with Crippen LogP contribution < -0.4 is 0 Å². The number of rotatable bonds is 3. The number of amides is 1. The van der Waals surface area contributed by atoms with Crippen molar-refractivity contribution in [2.45, 2.75) is 52.2 Å². The summed E-state index contributed by atoms with van der Waals surface area (Å²) in [6.45, 7) is 4.06.